The van der Waals surface area contributed by atoms with Gasteiger partial charge in [0.05, 0.1) is 6.10 Å². The van der Waals surface area contributed by atoms with E-state index in [9.17, 15) is 4.79 Å². The van der Waals surface area contributed by atoms with Crippen molar-refractivity contribution >= 4 is 12.1 Å². The van der Waals surface area contributed by atoms with Crippen molar-refractivity contribution in [2.75, 3.05) is 0 Å². The zero-order valence-corrected chi connectivity index (χ0v) is 6.37. The smallest absolute Gasteiger partial charge is 0.439 e. The van der Waals surface area contributed by atoms with E-state index in [2.05, 4.69) is 4.84 Å². The van der Waals surface area contributed by atoms with Crippen molar-refractivity contribution in [1.29, 1.82) is 5.41 Å². The van der Waals surface area contributed by atoms with Gasteiger partial charge < -0.3 is 10.8 Å². The van der Waals surface area contributed by atoms with E-state index in [-0.39, 0.29) is 6.10 Å². The van der Waals surface area contributed by atoms with Crippen LogP contribution >= 0.6 is 0 Å². The number of carbonyl (C=O) groups is 1. The summed E-state index contributed by atoms with van der Waals surface area (Å²) in [5, 5.41) is 15.5. The molecule has 0 spiro atoms. The lowest BCUT2D eigenvalue weighted by atomic mass is 10.5. The van der Waals surface area contributed by atoms with E-state index in [0.29, 0.717) is 5.06 Å². The Kier molecular flexibility index (Phi) is 3.32. The largest absolute Gasteiger partial charge is 0.463 e. The molecule has 6 nitrogen and oxygen atoms in total. The predicted octanol–water partition coefficient (Wildman–Crippen LogP) is 0.200. The van der Waals surface area contributed by atoms with Crippen molar-refractivity contribution in [2.45, 2.75) is 20.0 Å². The summed E-state index contributed by atoms with van der Waals surface area (Å²) in [6, 6.07) is 0. The summed E-state index contributed by atoms with van der Waals surface area (Å²) in [5.74, 6) is -0.647. The second-order valence-electron chi connectivity index (χ2n) is 2.12. The van der Waals surface area contributed by atoms with Crippen LogP contribution in [0.15, 0.2) is 0 Å². The van der Waals surface area contributed by atoms with E-state index in [0.717, 1.165) is 0 Å². The summed E-state index contributed by atoms with van der Waals surface area (Å²) in [5.41, 5.74) is 4.89. The van der Waals surface area contributed by atoms with Crippen molar-refractivity contribution in [2.24, 2.45) is 5.73 Å². The number of amides is 1. The lowest BCUT2D eigenvalue weighted by Gasteiger charge is -2.17. The Morgan fingerprint density at radius 2 is 2.18 bits per heavy atom. The quantitative estimate of drug-likeness (QED) is 0.306. The second kappa shape index (κ2) is 3.77. The Morgan fingerprint density at radius 1 is 1.73 bits per heavy atom. The van der Waals surface area contributed by atoms with Gasteiger partial charge in [0, 0.05) is 0 Å². The monoisotopic (exact) mass is 161 g/mol. The third-order valence-corrected chi connectivity index (χ3v) is 0.709. The second-order valence-corrected chi connectivity index (χ2v) is 2.12. The standard InChI is InChI=1S/C5H11N3O3/c1-3(2)11-8(4(6)7)5(9)10/h3H,1-2H3,(H3,6,7)(H,9,10). The van der Waals surface area contributed by atoms with Crippen LogP contribution in [0, 0.1) is 5.41 Å². The number of hydroxylamine groups is 2. The fraction of sp³-hybridized carbons (Fsp3) is 0.600. The molecule has 0 heterocycles. The number of carboxylic acid groups (broad SMARTS) is 1. The Balaban J connectivity index is 4.12. The highest BCUT2D eigenvalue weighted by molar-refractivity contribution is 5.88. The molecule has 0 atom stereocenters. The normalized spacial score (nSPS) is 9.73. The van der Waals surface area contributed by atoms with Crippen LogP contribution in [0.1, 0.15) is 13.8 Å². The molecule has 0 fully saturated rings. The zero-order chi connectivity index (χ0) is 9.02. The SMILES string of the molecule is CC(C)ON(C(=N)N)C(=O)O. The first kappa shape index (κ1) is 9.70. The number of rotatable bonds is 2. The van der Waals surface area contributed by atoms with Crippen LogP contribution in [0.4, 0.5) is 4.79 Å². The Hall–Kier alpha value is -1.30. The number of nitrogens with one attached hydrogen (secondary N) is 1. The molecule has 0 bridgehead atoms. The van der Waals surface area contributed by atoms with Crippen LogP contribution < -0.4 is 5.73 Å². The molecule has 0 aromatic heterocycles. The van der Waals surface area contributed by atoms with Gasteiger partial charge in [0.1, 0.15) is 0 Å². The molecule has 0 aromatic rings. The molecule has 0 unspecified atom stereocenters. The highest BCUT2D eigenvalue weighted by Gasteiger charge is 2.16. The first-order valence-electron chi connectivity index (χ1n) is 2.99. The van der Waals surface area contributed by atoms with E-state index in [4.69, 9.17) is 16.2 Å². The fourth-order valence-corrected chi connectivity index (χ4v) is 0.416. The van der Waals surface area contributed by atoms with Crippen LogP contribution in [-0.2, 0) is 4.84 Å². The summed E-state index contributed by atoms with van der Waals surface area (Å²) in [4.78, 5) is 14.9. The summed E-state index contributed by atoms with van der Waals surface area (Å²) in [6.45, 7) is 3.28. The van der Waals surface area contributed by atoms with E-state index < -0.39 is 12.1 Å². The van der Waals surface area contributed by atoms with E-state index in [1.54, 1.807) is 13.8 Å². The molecule has 6 heteroatoms. The summed E-state index contributed by atoms with van der Waals surface area (Å²) >= 11 is 0. The van der Waals surface area contributed by atoms with Gasteiger partial charge in [-0.15, -0.1) is 5.06 Å². The number of hydrogen-bond donors (Lipinski definition) is 3. The van der Waals surface area contributed by atoms with Gasteiger partial charge in [-0.3, -0.25) is 10.2 Å². The highest BCUT2D eigenvalue weighted by atomic mass is 16.7. The van der Waals surface area contributed by atoms with Crippen LogP contribution in [0.5, 0.6) is 0 Å². The fourth-order valence-electron chi connectivity index (χ4n) is 0.416. The predicted molar refractivity (Wildman–Crippen MR) is 38.0 cm³/mol. The number of guanidine groups is 1. The molecule has 0 aliphatic heterocycles. The number of hydrogen-bond acceptors (Lipinski definition) is 3. The van der Waals surface area contributed by atoms with Crippen molar-refractivity contribution < 1.29 is 14.7 Å². The van der Waals surface area contributed by atoms with Gasteiger partial charge in [0.15, 0.2) is 0 Å². The van der Waals surface area contributed by atoms with Gasteiger partial charge in [0.2, 0.25) is 5.96 Å². The Labute approximate surface area is 64.0 Å². The molecule has 64 valence electrons. The van der Waals surface area contributed by atoms with Crippen LogP contribution in [0.25, 0.3) is 0 Å². The maximum absolute atomic E-state index is 10.3. The topological polar surface area (TPSA) is 99.6 Å². The molecular weight excluding hydrogens is 150 g/mol. The van der Waals surface area contributed by atoms with Gasteiger partial charge in [-0.05, 0) is 13.8 Å². The molecule has 0 aliphatic carbocycles. The third kappa shape index (κ3) is 3.41. The first-order chi connectivity index (χ1) is 4.95. The van der Waals surface area contributed by atoms with Crippen molar-refractivity contribution in [1.82, 2.24) is 5.06 Å². The lowest BCUT2D eigenvalue weighted by molar-refractivity contribution is -0.111. The third-order valence-electron chi connectivity index (χ3n) is 0.709. The van der Waals surface area contributed by atoms with Crippen molar-refractivity contribution in [3.05, 3.63) is 0 Å². The molecule has 0 saturated heterocycles. The maximum atomic E-state index is 10.3. The Bertz CT molecular complexity index is 154. The lowest BCUT2D eigenvalue weighted by Crippen LogP contribution is -2.41. The molecule has 11 heavy (non-hydrogen) atoms. The first-order valence-corrected chi connectivity index (χ1v) is 2.99. The van der Waals surface area contributed by atoms with Gasteiger partial charge in [-0.25, -0.2) is 4.79 Å². The molecule has 0 saturated carbocycles. The summed E-state index contributed by atoms with van der Waals surface area (Å²) in [6.07, 6.45) is -1.72. The van der Waals surface area contributed by atoms with Crippen LogP contribution in [0.2, 0.25) is 0 Å². The molecule has 0 rings (SSSR count). The average Bonchev–Trinajstić information content (AvgIpc) is 1.81. The zero-order valence-electron chi connectivity index (χ0n) is 6.37. The minimum Gasteiger partial charge on any atom is -0.463 e. The highest BCUT2D eigenvalue weighted by Crippen LogP contribution is 1.95. The number of nitrogens with two attached hydrogens (primary N) is 1. The van der Waals surface area contributed by atoms with E-state index in [1.165, 1.54) is 0 Å². The molecular formula is C5H11N3O3. The Morgan fingerprint density at radius 3 is 2.27 bits per heavy atom. The molecule has 0 aromatic carbocycles. The number of nitrogens with zero attached hydrogens (tertiary/aromatic N) is 1. The van der Waals surface area contributed by atoms with E-state index in [1.807, 2.05) is 0 Å². The minimum atomic E-state index is -1.40. The van der Waals surface area contributed by atoms with Gasteiger partial charge >= 0.3 is 6.09 Å². The van der Waals surface area contributed by atoms with Crippen molar-refractivity contribution in [3.8, 4) is 0 Å². The minimum absolute atomic E-state index is 0.310. The van der Waals surface area contributed by atoms with Crippen LogP contribution in [0.3, 0.4) is 0 Å². The van der Waals surface area contributed by atoms with Crippen LogP contribution in [-0.4, -0.2) is 28.3 Å². The maximum Gasteiger partial charge on any atom is 0.439 e. The summed E-state index contributed by atoms with van der Waals surface area (Å²) in [7, 11) is 0. The molecule has 0 aliphatic rings. The van der Waals surface area contributed by atoms with Crippen molar-refractivity contribution in [3.63, 3.8) is 0 Å². The van der Waals surface area contributed by atoms with Gasteiger partial charge in [-0.2, -0.15) is 0 Å². The average molecular weight is 161 g/mol. The molecule has 1 amide bonds. The van der Waals surface area contributed by atoms with Gasteiger partial charge in [-0.1, -0.05) is 0 Å². The van der Waals surface area contributed by atoms with Gasteiger partial charge in [0.25, 0.3) is 0 Å². The molecule has 0 radical (unpaired) electrons. The van der Waals surface area contributed by atoms with E-state index >= 15 is 0 Å². The summed E-state index contributed by atoms with van der Waals surface area (Å²) < 4.78 is 0. The molecule has 4 N–H and O–H groups in total.